The van der Waals surface area contributed by atoms with Crippen molar-refractivity contribution in [1.82, 2.24) is 25.4 Å². The van der Waals surface area contributed by atoms with E-state index in [0.29, 0.717) is 24.9 Å². The molecule has 0 radical (unpaired) electrons. The van der Waals surface area contributed by atoms with Crippen molar-refractivity contribution in [3.63, 3.8) is 0 Å². The zero-order valence-electron chi connectivity index (χ0n) is 27.5. The number of carbonyl (C=O) groups is 5. The van der Waals surface area contributed by atoms with Gasteiger partial charge in [0, 0.05) is 60.1 Å². The Morgan fingerprint density at radius 1 is 1.12 bits per heavy atom. The molecule has 1 aromatic heterocycles. The topological polar surface area (TPSA) is 158 Å². The van der Waals surface area contributed by atoms with Crippen LogP contribution in [-0.4, -0.2) is 92.5 Å². The minimum atomic E-state index is -1.45. The van der Waals surface area contributed by atoms with E-state index in [1.807, 2.05) is 35.7 Å². The first-order chi connectivity index (χ1) is 22.9. The summed E-state index contributed by atoms with van der Waals surface area (Å²) in [7, 11) is 0. The second kappa shape index (κ2) is 13.3. The summed E-state index contributed by atoms with van der Waals surface area (Å²) >= 11 is 1.48. The van der Waals surface area contributed by atoms with Crippen LogP contribution in [0.25, 0.3) is 10.6 Å². The van der Waals surface area contributed by atoms with E-state index < -0.39 is 53.0 Å². The third-order valence-corrected chi connectivity index (χ3v) is 10.6. The van der Waals surface area contributed by atoms with Crippen molar-refractivity contribution in [2.24, 2.45) is 17.8 Å². The molecule has 6 atom stereocenters. The van der Waals surface area contributed by atoms with Crippen LogP contribution in [0.4, 0.5) is 4.79 Å². The Kier molecular flexibility index (Phi) is 9.34. The number of hydrogen-bond donors (Lipinski definition) is 3. The summed E-state index contributed by atoms with van der Waals surface area (Å²) in [4.78, 5) is 75.2. The molecule has 3 aliphatic heterocycles. The summed E-state index contributed by atoms with van der Waals surface area (Å²) < 4.78 is 5.47. The van der Waals surface area contributed by atoms with E-state index in [-0.39, 0.29) is 37.3 Å². The minimum Gasteiger partial charge on any atom is -0.479 e. The Hall–Kier alpha value is -4.26. The molecule has 0 bridgehead atoms. The number of ether oxygens (including phenoxy) is 1. The third-order valence-electron chi connectivity index (χ3n) is 9.76. The number of carbonyl (C=O) groups excluding carboxylic acids is 4. The maximum absolute atomic E-state index is 14.3. The number of carboxylic acid groups (broad SMARTS) is 1. The van der Waals surface area contributed by atoms with Gasteiger partial charge in [0.15, 0.2) is 0 Å². The number of fused-ring (bicyclic) bond motifs is 4. The van der Waals surface area contributed by atoms with Crippen molar-refractivity contribution >= 4 is 41.1 Å². The molecule has 3 fully saturated rings. The first kappa shape index (κ1) is 33.6. The highest BCUT2D eigenvalue weighted by Gasteiger charge is 2.62. The Bertz CT molecular complexity index is 1600. The summed E-state index contributed by atoms with van der Waals surface area (Å²) in [6.07, 6.45) is 8.53. The summed E-state index contributed by atoms with van der Waals surface area (Å²) in [6.45, 7) is 5.98. The normalized spacial score (nSPS) is 29.8. The van der Waals surface area contributed by atoms with Gasteiger partial charge in [0.25, 0.3) is 5.91 Å². The molecule has 1 aromatic carbocycles. The fraction of sp³-hybridized carbons (Fsp3) is 0.543. The molecule has 1 aliphatic carbocycles. The first-order valence-electron chi connectivity index (χ1n) is 16.7. The van der Waals surface area contributed by atoms with Crippen LogP contribution in [0.1, 0.15) is 69.7 Å². The largest absolute Gasteiger partial charge is 0.479 e. The standard InChI is InChI=1S/C35H43N5O7S/c1-34(2,3)47-33(46)37-26-13-8-6-4-5-7-12-24-17-35(24,32(44)45)38-28(41)27-25-20-39(18-23(25)19-40(27)31(26)43)30(42)22-11-9-10-21(16-22)29-36-14-15-48-29/h7,9-12,14-16,23-27H,4-6,8,13,17-20H2,1-3H3,(H,37,46)(H,38,41)(H,44,45)/b12-7-/t23-,24+,25-,26+,27-,35-/m0/s1. The molecule has 2 aromatic rings. The summed E-state index contributed by atoms with van der Waals surface area (Å²) in [5, 5.41) is 18.5. The van der Waals surface area contributed by atoms with Gasteiger partial charge in [-0.15, -0.1) is 11.3 Å². The van der Waals surface area contributed by atoms with Crippen molar-refractivity contribution in [1.29, 1.82) is 0 Å². The maximum atomic E-state index is 14.3. The molecule has 6 rings (SSSR count). The molecule has 4 aliphatic rings. The summed E-state index contributed by atoms with van der Waals surface area (Å²) in [5.41, 5.74) is -0.877. The number of likely N-dealkylation sites (tertiary alicyclic amines) is 1. The van der Waals surface area contributed by atoms with Gasteiger partial charge in [0.2, 0.25) is 11.8 Å². The van der Waals surface area contributed by atoms with Crippen LogP contribution in [-0.2, 0) is 19.1 Å². The van der Waals surface area contributed by atoms with Gasteiger partial charge in [0.1, 0.15) is 28.2 Å². The van der Waals surface area contributed by atoms with Crippen molar-refractivity contribution < 1.29 is 33.8 Å². The molecule has 3 N–H and O–H groups in total. The van der Waals surface area contributed by atoms with E-state index in [0.717, 1.165) is 29.8 Å². The lowest BCUT2D eigenvalue weighted by atomic mass is 9.93. The fourth-order valence-corrected chi connectivity index (χ4v) is 7.96. The number of carboxylic acids is 1. The number of aliphatic carboxylic acids is 1. The quantitative estimate of drug-likeness (QED) is 0.409. The minimum absolute atomic E-state index is 0.183. The number of rotatable bonds is 4. The number of thiazole rings is 1. The van der Waals surface area contributed by atoms with Crippen molar-refractivity contribution in [3.8, 4) is 10.6 Å². The molecule has 256 valence electrons. The van der Waals surface area contributed by atoms with Crippen molar-refractivity contribution in [2.45, 2.75) is 82.5 Å². The van der Waals surface area contributed by atoms with Crippen LogP contribution >= 0.6 is 11.3 Å². The zero-order chi connectivity index (χ0) is 34.2. The highest BCUT2D eigenvalue weighted by Crippen LogP contribution is 2.46. The second-order valence-electron chi connectivity index (χ2n) is 14.3. The SMILES string of the molecule is CC(C)(C)OC(=O)N[C@@H]1CCCCC/C=C\[C@@H]2C[C@]2(C(=O)O)NC(=O)[C@@H]2[C@H]3CN(C(=O)c4cccc(-c5nccs5)c4)C[C@H]3CN2C1=O. The van der Waals surface area contributed by atoms with Crippen LogP contribution in [0.3, 0.4) is 0 Å². The van der Waals surface area contributed by atoms with Crippen LogP contribution in [0.5, 0.6) is 0 Å². The lowest BCUT2D eigenvalue weighted by Gasteiger charge is -2.33. The number of benzene rings is 1. The van der Waals surface area contributed by atoms with E-state index in [1.54, 1.807) is 37.9 Å². The summed E-state index contributed by atoms with van der Waals surface area (Å²) in [5.74, 6) is -3.25. The highest BCUT2D eigenvalue weighted by molar-refractivity contribution is 7.13. The van der Waals surface area contributed by atoms with Gasteiger partial charge in [-0.05, 0) is 58.6 Å². The Morgan fingerprint density at radius 3 is 2.67 bits per heavy atom. The van der Waals surface area contributed by atoms with Crippen molar-refractivity contribution in [2.75, 3.05) is 19.6 Å². The van der Waals surface area contributed by atoms with Gasteiger partial charge in [-0.2, -0.15) is 0 Å². The number of alkyl carbamates (subject to hydrolysis) is 1. The lowest BCUT2D eigenvalue weighted by Crippen LogP contribution is -2.58. The Balaban J connectivity index is 1.27. The average Bonchev–Trinajstić information content (AvgIpc) is 3.40. The molecule has 4 heterocycles. The lowest BCUT2D eigenvalue weighted by molar-refractivity contribution is -0.146. The number of aromatic nitrogens is 1. The predicted molar refractivity (Wildman–Crippen MR) is 178 cm³/mol. The monoisotopic (exact) mass is 677 g/mol. The molecule has 0 unspecified atom stereocenters. The Morgan fingerprint density at radius 2 is 1.94 bits per heavy atom. The maximum Gasteiger partial charge on any atom is 0.408 e. The molecule has 2 saturated heterocycles. The zero-order valence-corrected chi connectivity index (χ0v) is 28.3. The van der Waals surface area contributed by atoms with Crippen LogP contribution in [0.15, 0.2) is 48.0 Å². The molecule has 48 heavy (non-hydrogen) atoms. The van der Waals surface area contributed by atoms with E-state index >= 15 is 0 Å². The first-order valence-corrected chi connectivity index (χ1v) is 17.6. The van der Waals surface area contributed by atoms with Crippen LogP contribution in [0.2, 0.25) is 0 Å². The molecule has 13 heteroatoms. The van der Waals surface area contributed by atoms with Gasteiger partial charge >= 0.3 is 12.1 Å². The predicted octanol–water partition coefficient (Wildman–Crippen LogP) is 4.08. The van der Waals surface area contributed by atoms with Gasteiger partial charge < -0.3 is 30.3 Å². The van der Waals surface area contributed by atoms with Gasteiger partial charge in [-0.25, -0.2) is 14.6 Å². The third kappa shape index (κ3) is 6.96. The molecule has 0 spiro atoms. The van der Waals surface area contributed by atoms with E-state index in [4.69, 9.17) is 4.74 Å². The molecular formula is C35H43N5O7S. The van der Waals surface area contributed by atoms with E-state index in [2.05, 4.69) is 15.6 Å². The number of amides is 4. The van der Waals surface area contributed by atoms with Crippen LogP contribution in [0, 0.1) is 17.8 Å². The number of nitrogens with zero attached hydrogens (tertiary/aromatic N) is 3. The number of allylic oxidation sites excluding steroid dienone is 1. The van der Waals surface area contributed by atoms with E-state index in [9.17, 15) is 29.1 Å². The van der Waals surface area contributed by atoms with E-state index in [1.165, 1.54) is 16.2 Å². The van der Waals surface area contributed by atoms with Crippen molar-refractivity contribution in [3.05, 3.63) is 53.6 Å². The number of hydrogen-bond acceptors (Lipinski definition) is 8. The van der Waals surface area contributed by atoms with Gasteiger partial charge in [-0.3, -0.25) is 14.4 Å². The summed E-state index contributed by atoms with van der Waals surface area (Å²) in [6, 6.07) is 5.34. The second-order valence-corrected chi connectivity index (χ2v) is 15.2. The van der Waals surface area contributed by atoms with Gasteiger partial charge in [0.05, 0.1) is 0 Å². The molecule has 4 amide bonds. The smallest absolute Gasteiger partial charge is 0.408 e. The molecular weight excluding hydrogens is 634 g/mol. The number of nitrogens with one attached hydrogen (secondary N) is 2. The molecule has 12 nitrogen and oxygen atoms in total. The Labute approximate surface area is 283 Å². The fourth-order valence-electron chi connectivity index (χ4n) is 7.32. The van der Waals surface area contributed by atoms with Crippen LogP contribution < -0.4 is 10.6 Å². The molecule has 1 saturated carbocycles. The van der Waals surface area contributed by atoms with Gasteiger partial charge in [-0.1, -0.05) is 37.1 Å². The average molecular weight is 678 g/mol. The highest BCUT2D eigenvalue weighted by atomic mass is 32.1.